The molecule has 1 aromatic rings. The third-order valence-electron chi connectivity index (χ3n) is 3.75. The summed E-state index contributed by atoms with van der Waals surface area (Å²) in [6.45, 7) is 8.70. The Balaban J connectivity index is 1.81. The maximum absolute atomic E-state index is 13.6. The van der Waals surface area contributed by atoms with Crippen molar-refractivity contribution in [3.8, 4) is 0 Å². The van der Waals surface area contributed by atoms with Crippen LogP contribution in [0.3, 0.4) is 0 Å². The summed E-state index contributed by atoms with van der Waals surface area (Å²) in [4.78, 5) is 2.45. The summed E-state index contributed by atoms with van der Waals surface area (Å²) in [5, 5.41) is 3.57. The van der Waals surface area contributed by atoms with Gasteiger partial charge in [-0.1, -0.05) is 32.0 Å². The van der Waals surface area contributed by atoms with Crippen molar-refractivity contribution < 1.29 is 4.39 Å². The minimum atomic E-state index is -0.0728. The van der Waals surface area contributed by atoms with Crippen molar-refractivity contribution in [2.75, 3.05) is 26.2 Å². The van der Waals surface area contributed by atoms with Gasteiger partial charge in [-0.3, -0.25) is 0 Å². The Morgan fingerprint density at radius 3 is 2.89 bits per heavy atom. The molecule has 1 heterocycles. The molecule has 0 saturated carbocycles. The standard InChI is InChI=1S/C16H25FN2/c1-13(2)11-15-12-19(10-8-18-15)9-7-14-5-3-4-6-16(14)17/h3-6,13,15,18H,7-12H2,1-2H3. The SMILES string of the molecule is CC(C)CC1CN(CCc2ccccc2F)CCN1. The van der Waals surface area contributed by atoms with E-state index in [4.69, 9.17) is 0 Å². The molecule has 19 heavy (non-hydrogen) atoms. The number of nitrogens with one attached hydrogen (secondary N) is 1. The van der Waals surface area contributed by atoms with E-state index in [9.17, 15) is 4.39 Å². The van der Waals surface area contributed by atoms with Crippen LogP contribution in [0.5, 0.6) is 0 Å². The molecule has 3 heteroatoms. The topological polar surface area (TPSA) is 15.3 Å². The molecule has 0 radical (unpaired) electrons. The van der Waals surface area contributed by atoms with Gasteiger partial charge < -0.3 is 10.2 Å². The molecular weight excluding hydrogens is 239 g/mol. The van der Waals surface area contributed by atoms with E-state index >= 15 is 0 Å². The van der Waals surface area contributed by atoms with Crippen molar-refractivity contribution in [3.63, 3.8) is 0 Å². The highest BCUT2D eigenvalue weighted by molar-refractivity contribution is 5.17. The molecule has 0 amide bonds. The summed E-state index contributed by atoms with van der Waals surface area (Å²) < 4.78 is 13.6. The van der Waals surface area contributed by atoms with Crippen molar-refractivity contribution in [2.45, 2.75) is 32.7 Å². The Morgan fingerprint density at radius 1 is 1.37 bits per heavy atom. The van der Waals surface area contributed by atoms with Crippen LogP contribution >= 0.6 is 0 Å². The summed E-state index contributed by atoms with van der Waals surface area (Å²) in [6, 6.07) is 7.70. The van der Waals surface area contributed by atoms with Gasteiger partial charge in [-0.2, -0.15) is 0 Å². The summed E-state index contributed by atoms with van der Waals surface area (Å²) in [5.74, 6) is 0.653. The number of rotatable bonds is 5. The molecule has 1 atom stereocenters. The Kier molecular flexibility index (Phi) is 5.34. The van der Waals surface area contributed by atoms with Crippen LogP contribution in [-0.4, -0.2) is 37.1 Å². The smallest absolute Gasteiger partial charge is 0.126 e. The third kappa shape index (κ3) is 4.59. The Morgan fingerprint density at radius 2 is 2.16 bits per heavy atom. The third-order valence-corrected chi connectivity index (χ3v) is 3.75. The molecule has 0 bridgehead atoms. The number of benzene rings is 1. The Hall–Kier alpha value is -0.930. The van der Waals surface area contributed by atoms with E-state index in [2.05, 4.69) is 24.1 Å². The van der Waals surface area contributed by atoms with Crippen LogP contribution in [-0.2, 0) is 6.42 Å². The monoisotopic (exact) mass is 264 g/mol. The van der Waals surface area contributed by atoms with Crippen LogP contribution in [0.4, 0.5) is 4.39 Å². The van der Waals surface area contributed by atoms with Gasteiger partial charge in [0, 0.05) is 32.2 Å². The van der Waals surface area contributed by atoms with Crippen LogP contribution in [0.1, 0.15) is 25.8 Å². The van der Waals surface area contributed by atoms with Gasteiger partial charge in [-0.15, -0.1) is 0 Å². The zero-order valence-corrected chi connectivity index (χ0v) is 12.0. The van der Waals surface area contributed by atoms with E-state index in [0.29, 0.717) is 6.04 Å². The van der Waals surface area contributed by atoms with Crippen molar-refractivity contribution in [3.05, 3.63) is 35.6 Å². The second-order valence-electron chi connectivity index (χ2n) is 5.92. The van der Waals surface area contributed by atoms with E-state index in [0.717, 1.165) is 44.1 Å². The van der Waals surface area contributed by atoms with Gasteiger partial charge in [-0.25, -0.2) is 4.39 Å². The van der Waals surface area contributed by atoms with E-state index < -0.39 is 0 Å². The number of halogens is 1. The van der Waals surface area contributed by atoms with Gasteiger partial charge in [0.2, 0.25) is 0 Å². The number of piperazine rings is 1. The predicted molar refractivity (Wildman–Crippen MR) is 77.8 cm³/mol. The summed E-state index contributed by atoms with van der Waals surface area (Å²) in [5.41, 5.74) is 0.835. The van der Waals surface area contributed by atoms with Crippen LogP contribution < -0.4 is 5.32 Å². The second kappa shape index (κ2) is 7.01. The lowest BCUT2D eigenvalue weighted by Gasteiger charge is -2.34. The lowest BCUT2D eigenvalue weighted by atomic mass is 10.0. The maximum atomic E-state index is 13.6. The second-order valence-corrected chi connectivity index (χ2v) is 5.92. The quantitative estimate of drug-likeness (QED) is 0.879. The molecule has 1 fully saturated rings. The molecule has 1 aliphatic rings. The Labute approximate surface area is 116 Å². The van der Waals surface area contributed by atoms with Gasteiger partial charge in [0.05, 0.1) is 0 Å². The van der Waals surface area contributed by atoms with Crippen molar-refractivity contribution in [1.82, 2.24) is 10.2 Å². The molecule has 0 aromatic heterocycles. The van der Waals surface area contributed by atoms with E-state index in [1.54, 1.807) is 12.1 Å². The largest absolute Gasteiger partial charge is 0.311 e. The van der Waals surface area contributed by atoms with E-state index in [1.165, 1.54) is 6.42 Å². The highest BCUT2D eigenvalue weighted by Crippen LogP contribution is 2.12. The fourth-order valence-electron chi connectivity index (χ4n) is 2.80. The van der Waals surface area contributed by atoms with Crippen molar-refractivity contribution in [1.29, 1.82) is 0 Å². The van der Waals surface area contributed by atoms with Gasteiger partial charge in [0.1, 0.15) is 5.82 Å². The summed E-state index contributed by atoms with van der Waals surface area (Å²) in [7, 11) is 0. The van der Waals surface area contributed by atoms with Crippen LogP contribution in [0.15, 0.2) is 24.3 Å². The average Bonchev–Trinajstić information content (AvgIpc) is 2.37. The van der Waals surface area contributed by atoms with Crippen LogP contribution in [0, 0.1) is 11.7 Å². The lowest BCUT2D eigenvalue weighted by Crippen LogP contribution is -2.51. The van der Waals surface area contributed by atoms with Crippen molar-refractivity contribution >= 4 is 0 Å². The maximum Gasteiger partial charge on any atom is 0.126 e. The minimum absolute atomic E-state index is 0.0728. The highest BCUT2D eigenvalue weighted by atomic mass is 19.1. The average molecular weight is 264 g/mol. The summed E-state index contributed by atoms with van der Waals surface area (Å²) in [6.07, 6.45) is 2.03. The fourth-order valence-corrected chi connectivity index (χ4v) is 2.80. The van der Waals surface area contributed by atoms with Gasteiger partial charge in [-0.05, 0) is 30.4 Å². The zero-order chi connectivity index (χ0) is 13.7. The van der Waals surface area contributed by atoms with E-state index in [-0.39, 0.29) is 5.82 Å². The summed E-state index contributed by atoms with van der Waals surface area (Å²) >= 11 is 0. The number of hydrogen-bond donors (Lipinski definition) is 1. The zero-order valence-electron chi connectivity index (χ0n) is 12.0. The molecular formula is C16H25FN2. The molecule has 1 aromatic carbocycles. The molecule has 1 aliphatic heterocycles. The molecule has 0 aliphatic carbocycles. The first-order valence-corrected chi connectivity index (χ1v) is 7.34. The lowest BCUT2D eigenvalue weighted by molar-refractivity contribution is 0.188. The van der Waals surface area contributed by atoms with Gasteiger partial charge >= 0.3 is 0 Å². The first-order chi connectivity index (χ1) is 9.15. The first-order valence-electron chi connectivity index (χ1n) is 7.34. The van der Waals surface area contributed by atoms with E-state index in [1.807, 2.05) is 12.1 Å². The number of nitrogens with zero attached hydrogens (tertiary/aromatic N) is 1. The molecule has 1 unspecified atom stereocenters. The van der Waals surface area contributed by atoms with Crippen LogP contribution in [0.2, 0.25) is 0 Å². The van der Waals surface area contributed by atoms with Crippen molar-refractivity contribution in [2.24, 2.45) is 5.92 Å². The first kappa shape index (κ1) is 14.5. The molecule has 1 N–H and O–H groups in total. The fraction of sp³-hybridized carbons (Fsp3) is 0.625. The molecule has 1 saturated heterocycles. The molecule has 2 nitrogen and oxygen atoms in total. The highest BCUT2D eigenvalue weighted by Gasteiger charge is 2.19. The number of hydrogen-bond acceptors (Lipinski definition) is 2. The van der Waals surface area contributed by atoms with Gasteiger partial charge in [0.15, 0.2) is 0 Å². The minimum Gasteiger partial charge on any atom is -0.311 e. The normalized spacial score (nSPS) is 20.9. The predicted octanol–water partition coefficient (Wildman–Crippen LogP) is 2.69. The Bertz CT molecular complexity index is 392. The molecule has 2 rings (SSSR count). The van der Waals surface area contributed by atoms with Crippen LogP contribution in [0.25, 0.3) is 0 Å². The molecule has 106 valence electrons. The van der Waals surface area contributed by atoms with Gasteiger partial charge in [0.25, 0.3) is 0 Å². The molecule has 0 spiro atoms.